The molecule has 21 heavy (non-hydrogen) atoms. The van der Waals surface area contributed by atoms with Crippen LogP contribution in [-0.4, -0.2) is 56.4 Å². The molecule has 6 heteroatoms. The molecule has 0 fully saturated rings. The molecule has 0 N–H and O–H groups in total. The molecular weight excluding hydrogens is 308 g/mol. The van der Waals surface area contributed by atoms with E-state index in [0.29, 0.717) is 11.9 Å². The van der Waals surface area contributed by atoms with Crippen molar-refractivity contribution in [3.63, 3.8) is 0 Å². The third-order valence-electron chi connectivity index (χ3n) is 3.44. The van der Waals surface area contributed by atoms with Gasteiger partial charge in [-0.2, -0.15) is 0 Å². The molecule has 122 valence electrons. The van der Waals surface area contributed by atoms with Crippen molar-refractivity contribution in [2.75, 3.05) is 40.5 Å². The number of hydrogen-bond acceptors (Lipinski definition) is 5. The zero-order valence-corrected chi connectivity index (χ0v) is 14.9. The number of thiazole rings is 1. The summed E-state index contributed by atoms with van der Waals surface area (Å²) in [5.41, 5.74) is 0.993. The fourth-order valence-corrected chi connectivity index (χ4v) is 3.29. The number of halogens is 1. The van der Waals surface area contributed by atoms with E-state index in [1.807, 2.05) is 5.38 Å². The molecule has 0 aliphatic carbocycles. The highest BCUT2D eigenvalue weighted by molar-refractivity contribution is 7.09. The third kappa shape index (κ3) is 7.56. The lowest BCUT2D eigenvalue weighted by Crippen LogP contribution is -2.39. The fraction of sp³-hybridized carbons (Fsp3) is 0.800. The smallest absolute Gasteiger partial charge is 0.0928 e. The van der Waals surface area contributed by atoms with Gasteiger partial charge in [0.2, 0.25) is 0 Å². The van der Waals surface area contributed by atoms with Crippen LogP contribution in [0.15, 0.2) is 5.38 Å². The zero-order valence-electron chi connectivity index (χ0n) is 13.3. The maximum atomic E-state index is 5.77. The summed E-state index contributed by atoms with van der Waals surface area (Å²) in [5.74, 6) is 0.510. The first-order chi connectivity index (χ1) is 10.2. The molecule has 1 aromatic heterocycles. The predicted molar refractivity (Wildman–Crippen MR) is 89.4 cm³/mol. The summed E-state index contributed by atoms with van der Waals surface area (Å²) >= 11 is 7.48. The van der Waals surface area contributed by atoms with Crippen LogP contribution < -0.4 is 0 Å². The Balaban J connectivity index is 2.28. The highest BCUT2D eigenvalue weighted by Crippen LogP contribution is 2.14. The zero-order chi connectivity index (χ0) is 15.5. The summed E-state index contributed by atoms with van der Waals surface area (Å²) in [7, 11) is 3.50. The van der Waals surface area contributed by atoms with Gasteiger partial charge in [-0.3, -0.25) is 4.90 Å². The number of aryl methyl sites for hydroxylation is 1. The number of methoxy groups -OCH3 is 2. The van der Waals surface area contributed by atoms with E-state index in [2.05, 4.69) is 16.8 Å². The van der Waals surface area contributed by atoms with Crippen molar-refractivity contribution in [3.05, 3.63) is 16.1 Å². The molecule has 0 bridgehead atoms. The van der Waals surface area contributed by atoms with Gasteiger partial charge in [0, 0.05) is 32.2 Å². The number of hydrogen-bond donors (Lipinski definition) is 0. The van der Waals surface area contributed by atoms with Crippen LogP contribution in [0, 0.1) is 0 Å². The van der Waals surface area contributed by atoms with E-state index >= 15 is 0 Å². The summed E-state index contributed by atoms with van der Waals surface area (Å²) in [6, 6.07) is 0.424. The monoisotopic (exact) mass is 334 g/mol. The van der Waals surface area contributed by atoms with Gasteiger partial charge in [0.05, 0.1) is 29.8 Å². The van der Waals surface area contributed by atoms with Gasteiger partial charge in [-0.25, -0.2) is 4.98 Å². The van der Waals surface area contributed by atoms with Gasteiger partial charge >= 0.3 is 0 Å². The molecule has 0 radical (unpaired) electrons. The number of ether oxygens (including phenoxy) is 2. The number of rotatable bonds is 12. The van der Waals surface area contributed by atoms with Gasteiger partial charge in [-0.05, 0) is 32.7 Å². The minimum absolute atomic E-state index is 0.424. The highest BCUT2D eigenvalue weighted by Gasteiger charge is 2.13. The predicted octanol–water partition coefficient (Wildman–Crippen LogP) is 3.19. The van der Waals surface area contributed by atoms with Gasteiger partial charge in [-0.1, -0.05) is 0 Å². The lowest BCUT2D eigenvalue weighted by atomic mass is 10.2. The Morgan fingerprint density at radius 3 is 2.71 bits per heavy atom. The first-order valence-corrected chi connectivity index (χ1v) is 8.83. The lowest BCUT2D eigenvalue weighted by Gasteiger charge is -2.28. The van der Waals surface area contributed by atoms with Crippen molar-refractivity contribution in [2.45, 2.75) is 38.1 Å². The van der Waals surface area contributed by atoms with E-state index in [9.17, 15) is 0 Å². The molecule has 0 saturated carbocycles. The Bertz CT molecular complexity index is 376. The second kappa shape index (κ2) is 11.4. The normalized spacial score (nSPS) is 13.0. The Labute approximate surface area is 137 Å². The van der Waals surface area contributed by atoms with E-state index in [-0.39, 0.29) is 0 Å². The van der Waals surface area contributed by atoms with Gasteiger partial charge in [-0.15, -0.1) is 22.9 Å². The molecule has 0 aromatic carbocycles. The first kappa shape index (κ1) is 18.8. The minimum atomic E-state index is 0.424. The van der Waals surface area contributed by atoms with E-state index in [4.69, 9.17) is 21.1 Å². The summed E-state index contributed by atoms with van der Waals surface area (Å²) in [5, 5.41) is 3.24. The quantitative estimate of drug-likeness (QED) is 0.434. The van der Waals surface area contributed by atoms with Crippen LogP contribution in [-0.2, 0) is 21.8 Å². The van der Waals surface area contributed by atoms with Crippen molar-refractivity contribution in [2.24, 2.45) is 0 Å². The number of alkyl halides is 1. The Kier molecular flexibility index (Phi) is 10.2. The second-order valence-corrected chi connectivity index (χ2v) is 6.37. The van der Waals surface area contributed by atoms with E-state index in [1.165, 1.54) is 5.01 Å². The molecule has 1 unspecified atom stereocenters. The SMILES string of the molecule is COCCN(CCCCc1nc(CCl)cs1)C(C)COC. The minimum Gasteiger partial charge on any atom is -0.383 e. The van der Waals surface area contributed by atoms with Gasteiger partial charge < -0.3 is 9.47 Å². The molecule has 0 amide bonds. The fourth-order valence-electron chi connectivity index (χ4n) is 2.22. The molecule has 0 saturated heterocycles. The molecule has 4 nitrogen and oxygen atoms in total. The van der Waals surface area contributed by atoms with Gasteiger partial charge in [0.15, 0.2) is 0 Å². The van der Waals surface area contributed by atoms with Crippen LogP contribution in [0.25, 0.3) is 0 Å². The second-order valence-electron chi connectivity index (χ2n) is 5.16. The van der Waals surface area contributed by atoms with Crippen molar-refractivity contribution in [1.29, 1.82) is 0 Å². The van der Waals surface area contributed by atoms with Crippen LogP contribution in [0.2, 0.25) is 0 Å². The number of nitrogens with zero attached hydrogens (tertiary/aromatic N) is 2. The van der Waals surface area contributed by atoms with Crippen molar-refractivity contribution < 1.29 is 9.47 Å². The molecule has 1 aromatic rings. The molecular formula is C15H27ClN2O2S. The third-order valence-corrected chi connectivity index (χ3v) is 4.67. The molecule has 0 spiro atoms. The Hall–Kier alpha value is -0.200. The molecule has 0 aliphatic heterocycles. The van der Waals surface area contributed by atoms with Crippen LogP contribution >= 0.6 is 22.9 Å². The average Bonchev–Trinajstić information content (AvgIpc) is 2.94. The van der Waals surface area contributed by atoms with Crippen molar-refractivity contribution >= 4 is 22.9 Å². The number of unbranched alkanes of at least 4 members (excludes halogenated alkanes) is 1. The Morgan fingerprint density at radius 1 is 1.29 bits per heavy atom. The summed E-state index contributed by atoms with van der Waals surface area (Å²) in [6.07, 6.45) is 3.35. The summed E-state index contributed by atoms with van der Waals surface area (Å²) in [6.45, 7) is 5.75. The summed E-state index contributed by atoms with van der Waals surface area (Å²) < 4.78 is 10.4. The maximum absolute atomic E-state index is 5.77. The molecule has 1 heterocycles. The van der Waals surface area contributed by atoms with Crippen LogP contribution in [0.3, 0.4) is 0 Å². The van der Waals surface area contributed by atoms with E-state index in [1.54, 1.807) is 25.6 Å². The topological polar surface area (TPSA) is 34.6 Å². The molecule has 1 atom stereocenters. The summed E-state index contributed by atoms with van der Waals surface area (Å²) in [4.78, 5) is 6.92. The van der Waals surface area contributed by atoms with Crippen LogP contribution in [0.5, 0.6) is 0 Å². The van der Waals surface area contributed by atoms with Crippen LogP contribution in [0.1, 0.15) is 30.5 Å². The van der Waals surface area contributed by atoms with Gasteiger partial charge in [0.25, 0.3) is 0 Å². The van der Waals surface area contributed by atoms with Crippen LogP contribution in [0.4, 0.5) is 0 Å². The average molecular weight is 335 g/mol. The van der Waals surface area contributed by atoms with E-state index < -0.39 is 0 Å². The van der Waals surface area contributed by atoms with Gasteiger partial charge in [0.1, 0.15) is 0 Å². The van der Waals surface area contributed by atoms with Crippen molar-refractivity contribution in [3.8, 4) is 0 Å². The lowest BCUT2D eigenvalue weighted by molar-refractivity contribution is 0.0741. The maximum Gasteiger partial charge on any atom is 0.0928 e. The largest absolute Gasteiger partial charge is 0.383 e. The standard InChI is InChI=1S/C15H27ClN2O2S/c1-13(11-20-3)18(8-9-19-2)7-5-4-6-15-17-14(10-16)12-21-15/h12-13H,4-11H2,1-3H3. The number of aromatic nitrogens is 1. The molecule has 0 aliphatic rings. The van der Waals surface area contributed by atoms with E-state index in [0.717, 1.165) is 51.3 Å². The Morgan fingerprint density at radius 2 is 2.10 bits per heavy atom. The molecule has 1 rings (SSSR count). The first-order valence-electron chi connectivity index (χ1n) is 7.42. The van der Waals surface area contributed by atoms with Crippen molar-refractivity contribution in [1.82, 2.24) is 9.88 Å². The highest BCUT2D eigenvalue weighted by atomic mass is 35.5.